The Kier molecular flexibility index (Phi) is 2.06. The highest BCUT2D eigenvalue weighted by Crippen LogP contribution is 2.30. The topological polar surface area (TPSA) is 47.5 Å². The number of hydrogen-bond donors (Lipinski definition) is 0. The van der Waals surface area contributed by atoms with Gasteiger partial charge < -0.3 is 0 Å². The molecule has 0 bridgehead atoms. The highest BCUT2D eigenvalue weighted by atomic mass is 16.6. The van der Waals surface area contributed by atoms with Gasteiger partial charge in [-0.1, -0.05) is 12.1 Å². The molecule has 0 aliphatic rings. The minimum Gasteiger partial charge on any atom is -0.260 e. The lowest BCUT2D eigenvalue weighted by atomic mass is 10.2. The molecule has 0 saturated carbocycles. The number of nitro groups is 1. The average molecular weight is 162 g/mol. The summed E-state index contributed by atoms with van der Waals surface area (Å²) >= 11 is 0. The molecule has 0 saturated heterocycles. The summed E-state index contributed by atoms with van der Waals surface area (Å²) < 4.78 is 0. The molecular formula is C8H6N2O2. The van der Waals surface area contributed by atoms with Gasteiger partial charge in [-0.15, -0.1) is 0 Å². The van der Waals surface area contributed by atoms with Gasteiger partial charge in [-0.25, -0.2) is 4.85 Å². The fraction of sp³-hybridized carbons (Fsp3) is 0.125. The first kappa shape index (κ1) is 8.21. The molecule has 60 valence electrons. The molecule has 0 atom stereocenters. The molecule has 1 aromatic carbocycles. The van der Waals surface area contributed by atoms with Crippen LogP contribution in [-0.4, -0.2) is 4.92 Å². The Morgan fingerprint density at radius 3 is 2.67 bits per heavy atom. The number of nitro benzene ring substituents is 1. The monoisotopic (exact) mass is 162 g/mol. The molecule has 1 aromatic rings. The van der Waals surface area contributed by atoms with Gasteiger partial charge >= 0.3 is 0 Å². The van der Waals surface area contributed by atoms with Crippen LogP contribution in [0.4, 0.5) is 11.4 Å². The number of hydrogen-bond acceptors (Lipinski definition) is 2. The zero-order valence-corrected chi connectivity index (χ0v) is 6.44. The minimum atomic E-state index is -0.541. The van der Waals surface area contributed by atoms with Gasteiger partial charge in [0.05, 0.1) is 11.5 Å². The standard InChI is InChI=1S/C8H6N2O2/c1-6-4-3-5-7(10(11)12)8(6)9-2/h3-5H,1H3. The molecule has 0 radical (unpaired) electrons. The van der Waals surface area contributed by atoms with Crippen molar-refractivity contribution in [3.8, 4) is 0 Å². The van der Waals surface area contributed by atoms with E-state index in [0.717, 1.165) is 0 Å². The lowest BCUT2D eigenvalue weighted by Crippen LogP contribution is -1.88. The first-order chi connectivity index (χ1) is 5.66. The van der Waals surface area contributed by atoms with Crippen molar-refractivity contribution in [3.05, 3.63) is 45.3 Å². The first-order valence-corrected chi connectivity index (χ1v) is 3.28. The Hall–Kier alpha value is -1.89. The predicted octanol–water partition coefficient (Wildman–Crippen LogP) is 2.45. The number of aryl methyl sites for hydroxylation is 1. The van der Waals surface area contributed by atoms with Crippen molar-refractivity contribution in [2.24, 2.45) is 0 Å². The van der Waals surface area contributed by atoms with Crippen LogP contribution in [0, 0.1) is 23.6 Å². The number of nitrogens with zero attached hydrogens (tertiary/aromatic N) is 2. The van der Waals surface area contributed by atoms with Gasteiger partial charge in [0, 0.05) is 6.07 Å². The van der Waals surface area contributed by atoms with Gasteiger partial charge in [0.25, 0.3) is 11.4 Å². The number of benzene rings is 1. The Labute approximate surface area is 69.4 Å². The molecule has 0 aliphatic carbocycles. The zero-order chi connectivity index (χ0) is 9.14. The van der Waals surface area contributed by atoms with Crippen LogP contribution in [0.15, 0.2) is 18.2 Å². The van der Waals surface area contributed by atoms with Crippen LogP contribution in [-0.2, 0) is 0 Å². The van der Waals surface area contributed by atoms with Crippen LogP contribution in [0.2, 0.25) is 0 Å². The maximum atomic E-state index is 10.4. The molecule has 0 amide bonds. The molecule has 4 heteroatoms. The molecular weight excluding hydrogens is 156 g/mol. The molecule has 0 aromatic heterocycles. The molecule has 0 N–H and O–H groups in total. The van der Waals surface area contributed by atoms with Crippen LogP contribution in [0.1, 0.15) is 5.56 Å². The zero-order valence-electron chi connectivity index (χ0n) is 6.44. The van der Waals surface area contributed by atoms with Gasteiger partial charge in [-0.3, -0.25) is 10.1 Å². The summed E-state index contributed by atoms with van der Waals surface area (Å²) in [5.41, 5.74) is 0.645. The Balaban J connectivity index is 3.40. The van der Waals surface area contributed by atoms with E-state index in [1.54, 1.807) is 19.1 Å². The molecule has 0 unspecified atom stereocenters. The van der Waals surface area contributed by atoms with Crippen LogP contribution in [0.5, 0.6) is 0 Å². The molecule has 0 spiro atoms. The fourth-order valence-electron chi connectivity index (χ4n) is 0.936. The van der Waals surface area contributed by atoms with Gasteiger partial charge in [0.2, 0.25) is 0 Å². The van der Waals surface area contributed by atoms with Crippen molar-refractivity contribution < 1.29 is 4.92 Å². The summed E-state index contributed by atoms with van der Waals surface area (Å²) in [5.74, 6) is 0. The van der Waals surface area contributed by atoms with Crippen LogP contribution < -0.4 is 0 Å². The third-order valence-electron chi connectivity index (χ3n) is 1.52. The first-order valence-electron chi connectivity index (χ1n) is 3.28. The molecule has 12 heavy (non-hydrogen) atoms. The summed E-state index contributed by atoms with van der Waals surface area (Å²) in [7, 11) is 0. The van der Waals surface area contributed by atoms with Crippen molar-refractivity contribution in [1.29, 1.82) is 0 Å². The van der Waals surface area contributed by atoms with Gasteiger partial charge in [-0.05, 0) is 12.5 Å². The van der Waals surface area contributed by atoms with E-state index in [2.05, 4.69) is 4.85 Å². The van der Waals surface area contributed by atoms with Crippen molar-refractivity contribution in [3.63, 3.8) is 0 Å². The lowest BCUT2D eigenvalue weighted by molar-refractivity contribution is -0.383. The second kappa shape index (κ2) is 3.01. The minimum absolute atomic E-state index is 0.120. The van der Waals surface area contributed by atoms with E-state index in [0.29, 0.717) is 5.56 Å². The normalized spacial score (nSPS) is 9.00. The van der Waals surface area contributed by atoms with E-state index in [1.807, 2.05) is 0 Å². The maximum Gasteiger partial charge on any atom is 0.279 e. The quantitative estimate of drug-likeness (QED) is 0.361. The van der Waals surface area contributed by atoms with Crippen LogP contribution in [0.3, 0.4) is 0 Å². The van der Waals surface area contributed by atoms with E-state index in [1.165, 1.54) is 6.07 Å². The van der Waals surface area contributed by atoms with Gasteiger partial charge in [-0.2, -0.15) is 0 Å². The second-order valence-electron chi connectivity index (χ2n) is 2.31. The highest BCUT2D eigenvalue weighted by molar-refractivity contribution is 5.66. The summed E-state index contributed by atoms with van der Waals surface area (Å²) in [5, 5.41) is 10.4. The summed E-state index contributed by atoms with van der Waals surface area (Å²) in [6.07, 6.45) is 0. The van der Waals surface area contributed by atoms with Gasteiger partial charge in [0.15, 0.2) is 0 Å². The van der Waals surface area contributed by atoms with E-state index in [-0.39, 0.29) is 11.4 Å². The average Bonchev–Trinajstić information content (AvgIpc) is 2.03. The molecule has 4 nitrogen and oxygen atoms in total. The van der Waals surface area contributed by atoms with Crippen molar-refractivity contribution >= 4 is 11.4 Å². The predicted molar refractivity (Wildman–Crippen MR) is 44.1 cm³/mol. The molecule has 0 heterocycles. The maximum absolute atomic E-state index is 10.4. The highest BCUT2D eigenvalue weighted by Gasteiger charge is 2.14. The summed E-state index contributed by atoms with van der Waals surface area (Å²) in [6, 6.07) is 4.59. The van der Waals surface area contributed by atoms with E-state index >= 15 is 0 Å². The van der Waals surface area contributed by atoms with E-state index in [9.17, 15) is 10.1 Å². The summed E-state index contributed by atoms with van der Waals surface area (Å²) in [6.45, 7) is 8.42. The molecule has 0 fully saturated rings. The van der Waals surface area contributed by atoms with Crippen LogP contribution in [0.25, 0.3) is 4.85 Å². The third kappa shape index (κ3) is 1.25. The fourth-order valence-corrected chi connectivity index (χ4v) is 0.936. The van der Waals surface area contributed by atoms with Gasteiger partial charge in [0.1, 0.15) is 0 Å². The summed E-state index contributed by atoms with van der Waals surface area (Å²) in [4.78, 5) is 13.0. The lowest BCUT2D eigenvalue weighted by Gasteiger charge is -1.96. The van der Waals surface area contributed by atoms with Crippen molar-refractivity contribution in [2.45, 2.75) is 6.92 Å². The van der Waals surface area contributed by atoms with Crippen LogP contribution >= 0.6 is 0 Å². The Morgan fingerprint density at radius 1 is 1.58 bits per heavy atom. The smallest absolute Gasteiger partial charge is 0.260 e. The third-order valence-corrected chi connectivity index (χ3v) is 1.52. The molecule has 1 rings (SSSR count). The van der Waals surface area contributed by atoms with E-state index < -0.39 is 4.92 Å². The van der Waals surface area contributed by atoms with Crippen molar-refractivity contribution in [1.82, 2.24) is 0 Å². The second-order valence-corrected chi connectivity index (χ2v) is 2.31. The number of rotatable bonds is 1. The Bertz CT molecular complexity index is 366. The van der Waals surface area contributed by atoms with Crippen molar-refractivity contribution in [2.75, 3.05) is 0 Å². The van der Waals surface area contributed by atoms with E-state index in [4.69, 9.17) is 6.57 Å². The molecule has 0 aliphatic heterocycles. The Morgan fingerprint density at radius 2 is 2.25 bits per heavy atom. The SMILES string of the molecule is [C-]#[N+]c1c(C)cccc1[N+](=O)[O-]. The largest absolute Gasteiger partial charge is 0.279 e. The number of para-hydroxylation sites is 1.